The standard InChI is InChI=1S/C63H44N4/c1-62(2)53-34-50-48-24-14-12-22-46(48)45-21-11-13-23-47(45)49(50)33-51(53)52-35-56-58(36-54(52)62)67(57-32-42-20-10-9-19-41(42)31-55(57)63(56,3)4)61-65-59(43-27-25-37-15-5-7-17-39(37)29-43)64-60(66-61)44-28-26-38-16-6-8-18-40(38)30-44/h5-36H,1-4H3. The summed E-state index contributed by atoms with van der Waals surface area (Å²) in [6.45, 7) is 9.58. The molecule has 2 heterocycles. The van der Waals surface area contributed by atoms with Crippen LogP contribution in [0.25, 0.3) is 98.5 Å². The molecule has 0 unspecified atom stereocenters. The van der Waals surface area contributed by atoms with Crippen LogP contribution in [0.2, 0.25) is 0 Å². The summed E-state index contributed by atoms with van der Waals surface area (Å²) in [6.07, 6.45) is 0. The maximum atomic E-state index is 5.52. The maximum Gasteiger partial charge on any atom is 0.238 e. The molecule has 12 aromatic rings. The minimum Gasteiger partial charge on any atom is -0.278 e. The molecule has 1 aromatic heterocycles. The zero-order valence-electron chi connectivity index (χ0n) is 37.8. The van der Waals surface area contributed by atoms with Crippen molar-refractivity contribution in [1.29, 1.82) is 0 Å². The quantitative estimate of drug-likeness (QED) is 0.166. The first-order valence-electron chi connectivity index (χ1n) is 23.3. The van der Waals surface area contributed by atoms with Crippen molar-refractivity contribution >= 4 is 82.0 Å². The van der Waals surface area contributed by atoms with Crippen LogP contribution in [0.1, 0.15) is 49.9 Å². The predicted octanol–water partition coefficient (Wildman–Crippen LogP) is 16.5. The molecule has 316 valence electrons. The van der Waals surface area contributed by atoms with E-state index in [0.717, 1.165) is 33.3 Å². The summed E-state index contributed by atoms with van der Waals surface area (Å²) in [6, 6.07) is 71.2. The van der Waals surface area contributed by atoms with Crippen LogP contribution in [0.5, 0.6) is 0 Å². The van der Waals surface area contributed by atoms with Crippen molar-refractivity contribution in [1.82, 2.24) is 15.0 Å². The van der Waals surface area contributed by atoms with E-state index in [1.807, 2.05) is 0 Å². The van der Waals surface area contributed by atoms with Crippen molar-refractivity contribution < 1.29 is 0 Å². The smallest absolute Gasteiger partial charge is 0.238 e. The lowest BCUT2D eigenvalue weighted by Gasteiger charge is -2.42. The summed E-state index contributed by atoms with van der Waals surface area (Å²) in [7, 11) is 0. The van der Waals surface area contributed by atoms with Gasteiger partial charge in [0.2, 0.25) is 5.95 Å². The van der Waals surface area contributed by atoms with E-state index < -0.39 is 0 Å². The molecule has 1 aliphatic carbocycles. The number of hydrogen-bond acceptors (Lipinski definition) is 4. The first kappa shape index (κ1) is 38.1. The Hall–Kier alpha value is -8.21. The van der Waals surface area contributed by atoms with Gasteiger partial charge in [-0.25, -0.2) is 4.98 Å². The van der Waals surface area contributed by atoms with Gasteiger partial charge in [0.05, 0.1) is 11.4 Å². The molecule has 0 radical (unpaired) electrons. The Bertz CT molecular complexity index is 4030. The van der Waals surface area contributed by atoms with Crippen molar-refractivity contribution in [3.8, 4) is 33.9 Å². The SMILES string of the molecule is CC1(C)c2cc3c(cc2-c2cc4c5ccccc5c5ccccc5c4cc21)C(C)(C)c1cc2ccccc2cc1N3c1nc(-c2ccc3ccccc3c2)nc(-c2ccc3ccccc3c2)n1. The summed E-state index contributed by atoms with van der Waals surface area (Å²) < 4.78 is 0. The van der Waals surface area contributed by atoms with Crippen molar-refractivity contribution in [3.63, 3.8) is 0 Å². The molecular formula is C63H44N4. The van der Waals surface area contributed by atoms with Crippen LogP contribution in [0.3, 0.4) is 0 Å². The van der Waals surface area contributed by atoms with Gasteiger partial charge in [-0.05, 0) is 147 Å². The van der Waals surface area contributed by atoms with Crippen LogP contribution in [-0.4, -0.2) is 15.0 Å². The lowest BCUT2D eigenvalue weighted by molar-refractivity contribution is 0.627. The van der Waals surface area contributed by atoms with Gasteiger partial charge in [0.25, 0.3) is 0 Å². The third-order valence-electron chi connectivity index (χ3n) is 15.2. The molecule has 0 saturated heterocycles. The average molecular weight is 857 g/mol. The molecule has 4 nitrogen and oxygen atoms in total. The Morgan fingerprint density at radius 1 is 0.313 bits per heavy atom. The zero-order chi connectivity index (χ0) is 44.8. The molecule has 0 amide bonds. The highest BCUT2D eigenvalue weighted by atomic mass is 15.3. The van der Waals surface area contributed by atoms with Gasteiger partial charge in [-0.2, -0.15) is 9.97 Å². The molecule has 67 heavy (non-hydrogen) atoms. The van der Waals surface area contributed by atoms with Gasteiger partial charge in [-0.15, -0.1) is 0 Å². The zero-order valence-corrected chi connectivity index (χ0v) is 37.8. The lowest BCUT2D eigenvalue weighted by Crippen LogP contribution is -2.32. The largest absolute Gasteiger partial charge is 0.278 e. The summed E-state index contributed by atoms with van der Waals surface area (Å²) in [5.74, 6) is 1.85. The second kappa shape index (κ2) is 13.7. The van der Waals surface area contributed by atoms with Crippen LogP contribution in [0, 0.1) is 0 Å². The normalized spacial score (nSPS) is 14.5. The number of fused-ring (bicyclic) bond motifs is 14. The van der Waals surface area contributed by atoms with Crippen molar-refractivity contribution in [3.05, 3.63) is 216 Å². The molecule has 2 aliphatic rings. The molecule has 11 aromatic carbocycles. The number of rotatable bonds is 3. The van der Waals surface area contributed by atoms with Gasteiger partial charge in [0, 0.05) is 22.0 Å². The topological polar surface area (TPSA) is 41.9 Å². The van der Waals surface area contributed by atoms with Crippen LogP contribution in [0.15, 0.2) is 194 Å². The van der Waals surface area contributed by atoms with E-state index in [1.165, 1.54) is 87.2 Å². The van der Waals surface area contributed by atoms with Crippen LogP contribution >= 0.6 is 0 Å². The number of hydrogen-bond donors (Lipinski definition) is 0. The molecule has 0 spiro atoms. The van der Waals surface area contributed by atoms with Gasteiger partial charge < -0.3 is 0 Å². The van der Waals surface area contributed by atoms with Crippen molar-refractivity contribution in [2.45, 2.75) is 38.5 Å². The Morgan fingerprint density at radius 2 is 0.716 bits per heavy atom. The van der Waals surface area contributed by atoms with E-state index in [0.29, 0.717) is 17.6 Å². The molecule has 0 saturated carbocycles. The van der Waals surface area contributed by atoms with Crippen LogP contribution in [0.4, 0.5) is 17.3 Å². The Morgan fingerprint density at radius 3 is 1.28 bits per heavy atom. The number of anilines is 3. The van der Waals surface area contributed by atoms with E-state index in [-0.39, 0.29) is 10.8 Å². The highest BCUT2D eigenvalue weighted by molar-refractivity contribution is 6.26. The van der Waals surface area contributed by atoms with E-state index in [2.05, 4.69) is 227 Å². The molecular weight excluding hydrogens is 813 g/mol. The highest BCUT2D eigenvalue weighted by Crippen LogP contribution is 2.58. The van der Waals surface area contributed by atoms with E-state index in [4.69, 9.17) is 15.0 Å². The lowest BCUT2D eigenvalue weighted by atomic mass is 9.71. The third kappa shape index (κ3) is 5.50. The maximum absolute atomic E-state index is 5.52. The number of aromatic nitrogens is 3. The highest BCUT2D eigenvalue weighted by Gasteiger charge is 2.43. The first-order valence-corrected chi connectivity index (χ1v) is 23.3. The van der Waals surface area contributed by atoms with Gasteiger partial charge >= 0.3 is 0 Å². The number of benzene rings is 11. The predicted molar refractivity (Wildman–Crippen MR) is 280 cm³/mol. The Kier molecular flexibility index (Phi) is 7.77. The fourth-order valence-corrected chi connectivity index (χ4v) is 11.6. The third-order valence-corrected chi connectivity index (χ3v) is 15.2. The second-order valence-electron chi connectivity index (χ2n) is 19.7. The molecule has 1 aliphatic heterocycles. The Labute approximate surface area is 388 Å². The second-order valence-corrected chi connectivity index (χ2v) is 19.7. The molecule has 0 bridgehead atoms. The molecule has 0 fully saturated rings. The first-order chi connectivity index (χ1) is 32.7. The molecule has 0 atom stereocenters. The van der Waals surface area contributed by atoms with E-state index in [1.54, 1.807) is 0 Å². The van der Waals surface area contributed by atoms with Crippen LogP contribution < -0.4 is 4.90 Å². The fourth-order valence-electron chi connectivity index (χ4n) is 11.6. The van der Waals surface area contributed by atoms with E-state index >= 15 is 0 Å². The minimum atomic E-state index is -0.373. The van der Waals surface area contributed by atoms with Gasteiger partial charge in [-0.1, -0.05) is 173 Å². The summed E-state index contributed by atoms with van der Waals surface area (Å²) >= 11 is 0. The fraction of sp³-hybridized carbons (Fsp3) is 0.0952. The van der Waals surface area contributed by atoms with Gasteiger partial charge in [0.1, 0.15) is 0 Å². The van der Waals surface area contributed by atoms with Gasteiger partial charge in [0.15, 0.2) is 11.6 Å². The van der Waals surface area contributed by atoms with Crippen molar-refractivity contribution in [2.75, 3.05) is 4.90 Å². The van der Waals surface area contributed by atoms with E-state index in [9.17, 15) is 0 Å². The summed E-state index contributed by atoms with van der Waals surface area (Å²) in [4.78, 5) is 18.7. The summed E-state index contributed by atoms with van der Waals surface area (Å²) in [5.41, 5.74) is 11.1. The molecule has 4 heteroatoms. The van der Waals surface area contributed by atoms with Crippen molar-refractivity contribution in [2.24, 2.45) is 0 Å². The number of nitrogens with zero attached hydrogens (tertiary/aromatic N) is 4. The van der Waals surface area contributed by atoms with Crippen LogP contribution in [-0.2, 0) is 10.8 Å². The Balaban J connectivity index is 1.05. The molecule has 14 rings (SSSR count). The molecule has 0 N–H and O–H groups in total. The monoisotopic (exact) mass is 856 g/mol. The van der Waals surface area contributed by atoms with Gasteiger partial charge in [-0.3, -0.25) is 4.90 Å². The summed E-state index contributed by atoms with van der Waals surface area (Å²) in [5, 5.41) is 14.8. The average Bonchev–Trinajstić information content (AvgIpc) is 3.58. The minimum absolute atomic E-state index is 0.300.